The van der Waals surface area contributed by atoms with Crippen molar-refractivity contribution in [1.29, 1.82) is 0 Å². The van der Waals surface area contributed by atoms with Crippen LogP contribution in [0.3, 0.4) is 0 Å². The van der Waals surface area contributed by atoms with Crippen molar-refractivity contribution < 1.29 is 9.21 Å². The summed E-state index contributed by atoms with van der Waals surface area (Å²) >= 11 is 7.64. The van der Waals surface area contributed by atoms with E-state index in [1.807, 2.05) is 30.5 Å². The lowest BCUT2D eigenvalue weighted by molar-refractivity contribution is -0.121. The van der Waals surface area contributed by atoms with E-state index in [4.69, 9.17) is 16.0 Å². The van der Waals surface area contributed by atoms with Crippen molar-refractivity contribution in [3.63, 3.8) is 0 Å². The van der Waals surface area contributed by atoms with Gasteiger partial charge < -0.3 is 9.73 Å². The molecule has 1 N–H and O–H groups in total. The number of nitrogens with zero attached hydrogens (tertiary/aromatic N) is 4. The Labute approximate surface area is 171 Å². The first-order valence-electron chi connectivity index (χ1n) is 9.11. The fraction of sp³-hybridized carbons (Fsp3) is 0.368. The Morgan fingerprint density at radius 3 is 2.82 bits per heavy atom. The summed E-state index contributed by atoms with van der Waals surface area (Å²) in [5.41, 5.74) is 1.65. The molecule has 0 radical (unpaired) electrons. The lowest BCUT2D eigenvalue weighted by Crippen LogP contribution is -2.37. The van der Waals surface area contributed by atoms with Crippen molar-refractivity contribution in [3.8, 4) is 11.5 Å². The predicted molar refractivity (Wildman–Crippen MR) is 108 cm³/mol. The second-order valence-corrected chi connectivity index (χ2v) is 8.08. The molecule has 1 amide bonds. The van der Waals surface area contributed by atoms with Gasteiger partial charge in [-0.05, 0) is 45.0 Å². The molecule has 1 aromatic carbocycles. The molecule has 0 saturated carbocycles. The van der Waals surface area contributed by atoms with Crippen LogP contribution in [-0.4, -0.2) is 39.1 Å². The minimum Gasteiger partial charge on any atom is -0.419 e. The highest BCUT2D eigenvalue weighted by atomic mass is 35.5. The summed E-state index contributed by atoms with van der Waals surface area (Å²) in [5, 5.41) is 14.3. The molecule has 1 saturated heterocycles. The number of carbonyl (C=O) groups excluding carboxylic acids is 1. The smallest absolute Gasteiger partial charge is 0.249 e. The topological polar surface area (TPSA) is 84.2 Å². The standard InChI is InChI=1S/C19H20ClN5O2S/c1-12-11-28-19(21-12)22-17(26)13-6-8-25(9-7-13)10-16-23-24-18(27-16)14-4-2-3-5-15(14)20/h2-5,11,13H,6-10H2,1H3,(H,21,22,26). The SMILES string of the molecule is Cc1csc(NC(=O)C2CCN(Cc3nnc(-c4ccccc4Cl)o3)CC2)n1. The number of piperidine rings is 1. The Morgan fingerprint density at radius 1 is 1.32 bits per heavy atom. The number of hydrogen-bond donors (Lipinski definition) is 1. The fourth-order valence-corrected chi connectivity index (χ4v) is 4.13. The van der Waals surface area contributed by atoms with E-state index in [0.29, 0.717) is 28.5 Å². The number of nitrogens with one attached hydrogen (secondary N) is 1. The van der Waals surface area contributed by atoms with Crippen LogP contribution in [0.25, 0.3) is 11.5 Å². The molecule has 2 aromatic heterocycles. The average Bonchev–Trinajstić information content (AvgIpc) is 3.31. The minimum atomic E-state index is 0.00169. The van der Waals surface area contributed by atoms with Crippen LogP contribution in [0.2, 0.25) is 5.02 Å². The van der Waals surface area contributed by atoms with Crippen molar-refractivity contribution in [2.45, 2.75) is 26.3 Å². The van der Waals surface area contributed by atoms with Gasteiger partial charge >= 0.3 is 0 Å². The second kappa shape index (κ2) is 8.38. The van der Waals surface area contributed by atoms with Gasteiger partial charge in [-0.15, -0.1) is 21.5 Å². The number of aromatic nitrogens is 3. The van der Waals surface area contributed by atoms with Crippen LogP contribution in [-0.2, 0) is 11.3 Å². The van der Waals surface area contributed by atoms with Gasteiger partial charge in [0.2, 0.25) is 17.7 Å². The number of hydrogen-bond acceptors (Lipinski definition) is 7. The Balaban J connectivity index is 1.30. The zero-order valence-corrected chi connectivity index (χ0v) is 17.0. The van der Waals surface area contributed by atoms with Gasteiger partial charge in [0.25, 0.3) is 0 Å². The van der Waals surface area contributed by atoms with Crippen LogP contribution in [0, 0.1) is 12.8 Å². The molecular weight excluding hydrogens is 398 g/mol. The lowest BCUT2D eigenvalue weighted by atomic mass is 9.96. The van der Waals surface area contributed by atoms with E-state index in [-0.39, 0.29) is 11.8 Å². The van der Waals surface area contributed by atoms with Gasteiger partial charge in [-0.25, -0.2) is 4.98 Å². The summed E-state index contributed by atoms with van der Waals surface area (Å²) in [7, 11) is 0. The zero-order chi connectivity index (χ0) is 19.5. The third-order valence-electron chi connectivity index (χ3n) is 4.74. The summed E-state index contributed by atoms with van der Waals surface area (Å²) in [6.45, 7) is 4.09. The second-order valence-electron chi connectivity index (χ2n) is 6.81. The number of amides is 1. The van der Waals surface area contributed by atoms with Crippen molar-refractivity contribution in [2.75, 3.05) is 18.4 Å². The van der Waals surface area contributed by atoms with Crippen LogP contribution >= 0.6 is 22.9 Å². The molecule has 1 aliphatic rings. The number of carbonyl (C=O) groups is 1. The number of likely N-dealkylation sites (tertiary alicyclic amines) is 1. The molecule has 0 bridgehead atoms. The summed E-state index contributed by atoms with van der Waals surface area (Å²) in [4.78, 5) is 18.9. The van der Waals surface area contributed by atoms with Crippen molar-refractivity contribution in [3.05, 3.63) is 46.3 Å². The highest BCUT2D eigenvalue weighted by Crippen LogP contribution is 2.27. The Kier molecular flexibility index (Phi) is 5.70. The number of rotatable bonds is 5. The van der Waals surface area contributed by atoms with Crippen LogP contribution in [0.15, 0.2) is 34.1 Å². The first-order chi connectivity index (χ1) is 13.6. The molecule has 1 aliphatic heterocycles. The predicted octanol–water partition coefficient (Wildman–Crippen LogP) is 4.01. The molecule has 0 spiro atoms. The van der Waals surface area contributed by atoms with E-state index in [1.165, 1.54) is 11.3 Å². The number of aryl methyl sites for hydroxylation is 1. The lowest BCUT2D eigenvalue weighted by Gasteiger charge is -2.29. The van der Waals surface area contributed by atoms with Crippen LogP contribution in [0.4, 0.5) is 5.13 Å². The average molecular weight is 418 g/mol. The molecule has 9 heteroatoms. The molecule has 4 rings (SSSR count). The number of thiazole rings is 1. The van der Waals surface area contributed by atoms with Gasteiger partial charge in [0.15, 0.2) is 5.13 Å². The maximum atomic E-state index is 12.4. The van der Waals surface area contributed by atoms with Gasteiger partial charge in [-0.2, -0.15) is 0 Å². The van der Waals surface area contributed by atoms with Crippen molar-refractivity contribution >= 4 is 34.0 Å². The monoisotopic (exact) mass is 417 g/mol. The highest BCUT2D eigenvalue weighted by molar-refractivity contribution is 7.13. The third-order valence-corrected chi connectivity index (χ3v) is 5.94. The number of benzene rings is 1. The number of halogens is 1. The summed E-state index contributed by atoms with van der Waals surface area (Å²) in [5.74, 6) is 1.03. The van der Waals surface area contributed by atoms with Gasteiger partial charge in [0, 0.05) is 11.3 Å². The van der Waals surface area contributed by atoms with E-state index in [2.05, 4.69) is 25.4 Å². The van der Waals surface area contributed by atoms with Crippen molar-refractivity contribution in [2.24, 2.45) is 5.92 Å². The Bertz CT molecular complexity index is 965. The Morgan fingerprint density at radius 2 is 2.11 bits per heavy atom. The van der Waals surface area contributed by atoms with E-state index in [0.717, 1.165) is 37.2 Å². The molecule has 0 atom stereocenters. The summed E-state index contributed by atoms with van der Waals surface area (Å²) in [6, 6.07) is 7.39. The number of anilines is 1. The first-order valence-corrected chi connectivity index (χ1v) is 10.4. The highest BCUT2D eigenvalue weighted by Gasteiger charge is 2.26. The van der Waals surface area contributed by atoms with E-state index in [9.17, 15) is 4.79 Å². The van der Waals surface area contributed by atoms with Crippen LogP contribution in [0.1, 0.15) is 24.4 Å². The third kappa shape index (κ3) is 4.40. The summed E-state index contributed by atoms with van der Waals surface area (Å²) in [6.07, 6.45) is 1.59. The minimum absolute atomic E-state index is 0.00169. The molecule has 3 aromatic rings. The molecule has 7 nitrogen and oxygen atoms in total. The molecular formula is C19H20ClN5O2S. The zero-order valence-electron chi connectivity index (χ0n) is 15.4. The maximum absolute atomic E-state index is 12.4. The van der Waals surface area contributed by atoms with Gasteiger partial charge in [0.05, 0.1) is 22.8 Å². The van der Waals surface area contributed by atoms with E-state index < -0.39 is 0 Å². The largest absolute Gasteiger partial charge is 0.419 e. The first kappa shape index (κ1) is 19.0. The summed E-state index contributed by atoms with van der Waals surface area (Å²) < 4.78 is 5.77. The van der Waals surface area contributed by atoms with Gasteiger partial charge in [-0.1, -0.05) is 23.7 Å². The van der Waals surface area contributed by atoms with E-state index in [1.54, 1.807) is 6.07 Å². The Hall–Kier alpha value is -2.29. The molecule has 0 aliphatic carbocycles. The normalized spacial score (nSPS) is 15.6. The van der Waals surface area contributed by atoms with Crippen LogP contribution in [0.5, 0.6) is 0 Å². The molecule has 1 fully saturated rings. The molecule has 3 heterocycles. The quantitative estimate of drug-likeness (QED) is 0.675. The van der Waals surface area contributed by atoms with Gasteiger partial charge in [-0.3, -0.25) is 9.69 Å². The van der Waals surface area contributed by atoms with Crippen molar-refractivity contribution in [1.82, 2.24) is 20.1 Å². The molecule has 0 unspecified atom stereocenters. The fourth-order valence-electron chi connectivity index (χ4n) is 3.22. The van der Waals surface area contributed by atoms with Crippen LogP contribution < -0.4 is 5.32 Å². The van der Waals surface area contributed by atoms with Gasteiger partial charge in [0.1, 0.15) is 0 Å². The maximum Gasteiger partial charge on any atom is 0.249 e. The molecule has 146 valence electrons. The molecule has 28 heavy (non-hydrogen) atoms. The van der Waals surface area contributed by atoms with E-state index >= 15 is 0 Å².